The molecule has 0 saturated heterocycles. The first-order valence-corrected chi connectivity index (χ1v) is 4.96. The lowest BCUT2D eigenvalue weighted by atomic mass is 9.91. The molecule has 0 amide bonds. The topological polar surface area (TPSA) is 17.1 Å². The van der Waals surface area contributed by atoms with E-state index in [2.05, 4.69) is 0 Å². The first-order valence-electron chi connectivity index (χ1n) is 4.96. The van der Waals surface area contributed by atoms with Gasteiger partial charge >= 0.3 is 6.18 Å². The summed E-state index contributed by atoms with van der Waals surface area (Å²) in [5.41, 5.74) is -0.599. The van der Waals surface area contributed by atoms with Gasteiger partial charge in [-0.2, -0.15) is 13.2 Å². The lowest BCUT2D eigenvalue weighted by Gasteiger charge is -2.16. The van der Waals surface area contributed by atoms with Gasteiger partial charge in [0.15, 0.2) is 5.78 Å². The van der Waals surface area contributed by atoms with Gasteiger partial charge in [0.25, 0.3) is 0 Å². The summed E-state index contributed by atoms with van der Waals surface area (Å²) in [7, 11) is 0. The number of Topliss-reactive ketones (excluding diaryl/α,β-unsaturated/α-hetero) is 1. The summed E-state index contributed by atoms with van der Waals surface area (Å²) in [6.07, 6.45) is -4.48. The maximum atomic E-state index is 12.7. The zero-order valence-electron chi connectivity index (χ0n) is 9.35. The predicted molar refractivity (Wildman–Crippen MR) is 55.5 cm³/mol. The zero-order valence-corrected chi connectivity index (χ0v) is 9.35. The van der Waals surface area contributed by atoms with Crippen LogP contribution in [0.25, 0.3) is 0 Å². The van der Waals surface area contributed by atoms with Crippen LogP contribution >= 0.6 is 0 Å². The van der Waals surface area contributed by atoms with E-state index < -0.39 is 17.5 Å². The molecule has 0 aliphatic heterocycles. The Labute approximate surface area is 92.3 Å². The van der Waals surface area contributed by atoms with Crippen LogP contribution in [0, 0.1) is 0 Å². The molecule has 1 aromatic rings. The lowest BCUT2D eigenvalue weighted by molar-refractivity contribution is -0.138. The molecule has 0 atom stereocenters. The highest BCUT2D eigenvalue weighted by atomic mass is 19.4. The van der Waals surface area contributed by atoms with Crippen molar-refractivity contribution < 1.29 is 18.0 Å². The minimum atomic E-state index is -4.48. The van der Waals surface area contributed by atoms with Gasteiger partial charge in [0.05, 0.1) is 5.56 Å². The number of hydrogen-bond donors (Lipinski definition) is 0. The third kappa shape index (κ3) is 2.43. The number of ketones is 1. The molecule has 88 valence electrons. The van der Waals surface area contributed by atoms with Gasteiger partial charge in [0.2, 0.25) is 0 Å². The molecule has 1 rings (SSSR count). The van der Waals surface area contributed by atoms with Crippen LogP contribution in [-0.4, -0.2) is 5.78 Å². The number of carbonyl (C=O) groups is 1. The Morgan fingerprint density at radius 1 is 1.25 bits per heavy atom. The SMILES string of the molecule is CC(=O)c1c(C(C)C)cccc1C(F)(F)F. The van der Waals surface area contributed by atoms with Crippen LogP contribution in [-0.2, 0) is 6.18 Å². The minimum Gasteiger partial charge on any atom is -0.294 e. The van der Waals surface area contributed by atoms with Crippen molar-refractivity contribution in [2.24, 2.45) is 0 Å². The third-order valence-electron chi connectivity index (χ3n) is 2.38. The highest BCUT2D eigenvalue weighted by molar-refractivity contribution is 5.97. The number of benzene rings is 1. The molecule has 4 heteroatoms. The van der Waals surface area contributed by atoms with E-state index in [0.29, 0.717) is 5.56 Å². The van der Waals surface area contributed by atoms with Crippen molar-refractivity contribution in [2.45, 2.75) is 32.9 Å². The van der Waals surface area contributed by atoms with E-state index in [0.717, 1.165) is 13.0 Å². The summed E-state index contributed by atoms with van der Waals surface area (Å²) in [6.45, 7) is 4.69. The third-order valence-corrected chi connectivity index (χ3v) is 2.38. The van der Waals surface area contributed by atoms with Gasteiger partial charge < -0.3 is 0 Å². The van der Waals surface area contributed by atoms with Gasteiger partial charge in [-0.15, -0.1) is 0 Å². The van der Waals surface area contributed by atoms with Crippen molar-refractivity contribution >= 4 is 5.78 Å². The second-order valence-electron chi connectivity index (χ2n) is 3.98. The first kappa shape index (κ1) is 12.7. The Kier molecular flexibility index (Phi) is 3.41. The average molecular weight is 230 g/mol. The predicted octanol–water partition coefficient (Wildman–Crippen LogP) is 4.03. The summed E-state index contributed by atoms with van der Waals surface area (Å²) in [5, 5.41) is 0. The van der Waals surface area contributed by atoms with Crippen LogP contribution in [0.3, 0.4) is 0 Å². The van der Waals surface area contributed by atoms with E-state index in [-0.39, 0.29) is 11.5 Å². The van der Waals surface area contributed by atoms with Gasteiger partial charge in [0, 0.05) is 5.56 Å². The van der Waals surface area contributed by atoms with Crippen LogP contribution < -0.4 is 0 Å². The smallest absolute Gasteiger partial charge is 0.294 e. The van der Waals surface area contributed by atoms with E-state index in [1.54, 1.807) is 19.9 Å². The van der Waals surface area contributed by atoms with Gasteiger partial charge in [-0.25, -0.2) is 0 Å². The second-order valence-corrected chi connectivity index (χ2v) is 3.98. The number of halogens is 3. The Morgan fingerprint density at radius 3 is 2.19 bits per heavy atom. The van der Waals surface area contributed by atoms with Crippen molar-refractivity contribution in [3.8, 4) is 0 Å². The van der Waals surface area contributed by atoms with Gasteiger partial charge in [-0.1, -0.05) is 26.0 Å². The highest BCUT2D eigenvalue weighted by Gasteiger charge is 2.35. The second kappa shape index (κ2) is 4.28. The van der Waals surface area contributed by atoms with Crippen molar-refractivity contribution in [2.75, 3.05) is 0 Å². The largest absolute Gasteiger partial charge is 0.417 e. The molecule has 0 saturated carbocycles. The number of carbonyl (C=O) groups excluding carboxylic acids is 1. The van der Waals surface area contributed by atoms with E-state index in [4.69, 9.17) is 0 Å². The summed E-state index contributed by atoms with van der Waals surface area (Å²) in [4.78, 5) is 11.3. The molecule has 1 nitrogen and oxygen atoms in total. The van der Waals surface area contributed by atoms with Crippen LogP contribution in [0.5, 0.6) is 0 Å². The van der Waals surface area contributed by atoms with Crippen LogP contribution in [0.2, 0.25) is 0 Å². The minimum absolute atomic E-state index is 0.110. The van der Waals surface area contributed by atoms with Gasteiger partial charge in [-0.05, 0) is 24.5 Å². The summed E-state index contributed by atoms with van der Waals surface area (Å²) >= 11 is 0. The Bertz CT molecular complexity index is 405. The average Bonchev–Trinajstić information content (AvgIpc) is 2.14. The van der Waals surface area contributed by atoms with Gasteiger partial charge in [-0.3, -0.25) is 4.79 Å². The monoisotopic (exact) mass is 230 g/mol. The quantitative estimate of drug-likeness (QED) is 0.701. The van der Waals surface area contributed by atoms with Crippen molar-refractivity contribution in [1.29, 1.82) is 0 Å². The van der Waals surface area contributed by atoms with E-state index in [9.17, 15) is 18.0 Å². The van der Waals surface area contributed by atoms with Crippen molar-refractivity contribution in [1.82, 2.24) is 0 Å². The molecule has 1 aromatic carbocycles. The molecule has 0 heterocycles. The molecule has 0 spiro atoms. The first-order chi connectivity index (χ1) is 7.25. The molecule has 0 aliphatic carbocycles. The highest BCUT2D eigenvalue weighted by Crippen LogP contribution is 2.35. The fraction of sp³-hybridized carbons (Fsp3) is 0.417. The molecule has 0 fully saturated rings. The number of alkyl halides is 3. The fourth-order valence-corrected chi connectivity index (χ4v) is 1.68. The molecular weight excluding hydrogens is 217 g/mol. The standard InChI is InChI=1S/C12H13F3O/c1-7(2)9-5-4-6-10(12(13,14)15)11(9)8(3)16/h4-7H,1-3H3. The van der Waals surface area contributed by atoms with Gasteiger partial charge in [0.1, 0.15) is 0 Å². The summed E-state index contributed by atoms with van der Waals surface area (Å²) in [6, 6.07) is 3.85. The Hall–Kier alpha value is -1.32. The fourth-order valence-electron chi connectivity index (χ4n) is 1.68. The van der Waals surface area contributed by atoms with E-state index in [1.807, 2.05) is 0 Å². The summed E-state index contributed by atoms with van der Waals surface area (Å²) < 4.78 is 38.1. The van der Waals surface area contributed by atoms with E-state index in [1.165, 1.54) is 6.07 Å². The Morgan fingerprint density at radius 2 is 1.81 bits per heavy atom. The summed E-state index contributed by atoms with van der Waals surface area (Å²) in [5.74, 6) is -0.655. The van der Waals surface area contributed by atoms with E-state index >= 15 is 0 Å². The molecule has 0 aromatic heterocycles. The number of rotatable bonds is 2. The lowest BCUT2D eigenvalue weighted by Crippen LogP contribution is -2.14. The maximum absolute atomic E-state index is 12.7. The molecule has 0 unspecified atom stereocenters. The van der Waals surface area contributed by atoms with Crippen LogP contribution in [0.4, 0.5) is 13.2 Å². The molecular formula is C12H13F3O. The number of hydrogen-bond acceptors (Lipinski definition) is 1. The molecule has 16 heavy (non-hydrogen) atoms. The zero-order chi connectivity index (χ0) is 12.5. The maximum Gasteiger partial charge on any atom is 0.417 e. The molecule has 0 radical (unpaired) electrons. The van der Waals surface area contributed by atoms with Crippen LogP contribution in [0.1, 0.15) is 48.2 Å². The van der Waals surface area contributed by atoms with Crippen molar-refractivity contribution in [3.63, 3.8) is 0 Å². The molecule has 0 aliphatic rings. The molecule has 0 N–H and O–H groups in total. The van der Waals surface area contributed by atoms with Crippen molar-refractivity contribution in [3.05, 3.63) is 34.9 Å². The van der Waals surface area contributed by atoms with Crippen LogP contribution in [0.15, 0.2) is 18.2 Å². The normalized spacial score (nSPS) is 11.9. The Balaban J connectivity index is 3.52. The molecule has 0 bridgehead atoms.